The van der Waals surface area contributed by atoms with Crippen molar-refractivity contribution in [2.45, 2.75) is 51.6 Å². The van der Waals surface area contributed by atoms with Crippen molar-refractivity contribution < 1.29 is 0 Å². The molecular formula is C16H22N2S. The first-order chi connectivity index (χ1) is 9.16. The lowest BCUT2D eigenvalue weighted by molar-refractivity contribution is 0.484. The van der Waals surface area contributed by atoms with Gasteiger partial charge in [-0.1, -0.05) is 0 Å². The van der Waals surface area contributed by atoms with Crippen molar-refractivity contribution in [1.82, 2.24) is 4.57 Å². The Morgan fingerprint density at radius 3 is 3.11 bits per heavy atom. The number of thiophene rings is 1. The van der Waals surface area contributed by atoms with Crippen LogP contribution >= 0.6 is 11.3 Å². The van der Waals surface area contributed by atoms with Gasteiger partial charge in [0, 0.05) is 23.5 Å². The van der Waals surface area contributed by atoms with Crippen molar-refractivity contribution in [1.29, 1.82) is 0 Å². The van der Waals surface area contributed by atoms with Crippen LogP contribution in [0.4, 0.5) is 0 Å². The first-order valence-corrected chi connectivity index (χ1v) is 8.08. The molecule has 2 aromatic rings. The Morgan fingerprint density at radius 1 is 1.53 bits per heavy atom. The molecule has 2 N–H and O–H groups in total. The quantitative estimate of drug-likeness (QED) is 0.901. The largest absolute Gasteiger partial charge is 0.345 e. The minimum absolute atomic E-state index is 0.247. The smallest absolute Gasteiger partial charge is 0.0348 e. The predicted molar refractivity (Wildman–Crippen MR) is 81.8 cm³/mol. The first-order valence-electron chi connectivity index (χ1n) is 7.14. The van der Waals surface area contributed by atoms with Crippen LogP contribution in [0.3, 0.4) is 0 Å². The molecule has 1 aliphatic rings. The summed E-state index contributed by atoms with van der Waals surface area (Å²) in [4.78, 5) is 0. The van der Waals surface area contributed by atoms with Crippen molar-refractivity contribution in [2.24, 2.45) is 5.73 Å². The Bertz CT molecular complexity index is 554. The van der Waals surface area contributed by atoms with Crippen LogP contribution in [0.2, 0.25) is 0 Å². The van der Waals surface area contributed by atoms with Crippen LogP contribution in [0.15, 0.2) is 22.9 Å². The Morgan fingerprint density at radius 2 is 2.37 bits per heavy atom. The third-order valence-electron chi connectivity index (χ3n) is 4.25. The highest BCUT2D eigenvalue weighted by molar-refractivity contribution is 7.07. The second kappa shape index (κ2) is 5.14. The molecule has 0 aromatic carbocycles. The maximum atomic E-state index is 6.25. The van der Waals surface area contributed by atoms with Crippen LogP contribution in [0.25, 0.3) is 0 Å². The molecule has 2 heterocycles. The molecule has 0 bridgehead atoms. The summed E-state index contributed by atoms with van der Waals surface area (Å²) >= 11 is 1.78. The van der Waals surface area contributed by atoms with Gasteiger partial charge in [0.2, 0.25) is 0 Å². The highest BCUT2D eigenvalue weighted by Gasteiger charge is 2.24. The summed E-state index contributed by atoms with van der Waals surface area (Å²) in [5.41, 5.74) is 11.9. The number of nitrogens with zero attached hydrogens (tertiary/aromatic N) is 1. The lowest BCUT2D eigenvalue weighted by Crippen LogP contribution is -2.20. The Kier molecular flexibility index (Phi) is 3.50. The van der Waals surface area contributed by atoms with E-state index in [1.807, 2.05) is 0 Å². The average molecular weight is 274 g/mol. The van der Waals surface area contributed by atoms with Gasteiger partial charge in [-0.05, 0) is 73.6 Å². The lowest BCUT2D eigenvalue weighted by atomic mass is 9.93. The first kappa shape index (κ1) is 12.9. The van der Waals surface area contributed by atoms with E-state index in [0.717, 1.165) is 12.8 Å². The van der Waals surface area contributed by atoms with E-state index >= 15 is 0 Å². The number of nitrogens with two attached hydrogens (primary N) is 1. The minimum Gasteiger partial charge on any atom is -0.345 e. The molecule has 2 atom stereocenters. The van der Waals surface area contributed by atoms with E-state index in [-0.39, 0.29) is 6.04 Å². The van der Waals surface area contributed by atoms with Gasteiger partial charge in [0.15, 0.2) is 0 Å². The van der Waals surface area contributed by atoms with Gasteiger partial charge in [0.25, 0.3) is 0 Å². The molecule has 0 saturated heterocycles. The maximum absolute atomic E-state index is 6.25. The molecule has 1 aliphatic carbocycles. The molecule has 19 heavy (non-hydrogen) atoms. The van der Waals surface area contributed by atoms with Crippen LogP contribution in [-0.4, -0.2) is 4.57 Å². The summed E-state index contributed by atoms with van der Waals surface area (Å²) in [6, 6.07) is 5.31. The third-order valence-corrected chi connectivity index (χ3v) is 4.98. The van der Waals surface area contributed by atoms with Gasteiger partial charge in [0.05, 0.1) is 0 Å². The normalized spacial score (nSPS) is 20.3. The van der Waals surface area contributed by atoms with Gasteiger partial charge < -0.3 is 10.3 Å². The van der Waals surface area contributed by atoms with Crippen molar-refractivity contribution in [3.05, 3.63) is 45.4 Å². The second-order valence-electron chi connectivity index (χ2n) is 5.74. The highest BCUT2D eigenvalue weighted by Crippen LogP contribution is 2.33. The number of fused-ring (bicyclic) bond motifs is 1. The molecular weight excluding hydrogens is 252 g/mol. The zero-order chi connectivity index (χ0) is 13.4. The van der Waals surface area contributed by atoms with Crippen molar-refractivity contribution >= 4 is 11.3 Å². The molecule has 0 amide bonds. The van der Waals surface area contributed by atoms with Crippen molar-refractivity contribution in [3.8, 4) is 0 Å². The number of aromatic nitrogens is 1. The van der Waals surface area contributed by atoms with Gasteiger partial charge in [0.1, 0.15) is 0 Å². The molecule has 102 valence electrons. The molecule has 2 nitrogen and oxygen atoms in total. The number of rotatable bonds is 3. The van der Waals surface area contributed by atoms with Gasteiger partial charge in [-0.25, -0.2) is 0 Å². The zero-order valence-corrected chi connectivity index (χ0v) is 12.5. The number of hydrogen-bond acceptors (Lipinski definition) is 2. The van der Waals surface area contributed by atoms with Gasteiger partial charge in [-0.15, -0.1) is 0 Å². The summed E-state index contributed by atoms with van der Waals surface area (Å²) in [5, 5.41) is 4.42. The standard InChI is InChI=1S/C16H22N2S/c1-11(8-13-6-7-19-10-13)18-12(2)9-14-15(17)4-3-5-16(14)18/h6-7,9-11,15H,3-5,8,17H2,1-2H3. The fraction of sp³-hybridized carbons (Fsp3) is 0.500. The average Bonchev–Trinajstić information content (AvgIpc) is 2.96. The Labute approximate surface area is 119 Å². The molecule has 2 unspecified atom stereocenters. The van der Waals surface area contributed by atoms with Crippen molar-refractivity contribution in [3.63, 3.8) is 0 Å². The molecule has 0 fully saturated rings. The van der Waals surface area contributed by atoms with Crippen LogP contribution < -0.4 is 5.73 Å². The molecule has 2 aromatic heterocycles. The van der Waals surface area contributed by atoms with Crippen LogP contribution in [0.1, 0.15) is 54.4 Å². The third kappa shape index (κ3) is 2.37. The Balaban J connectivity index is 1.92. The van der Waals surface area contributed by atoms with Crippen molar-refractivity contribution in [2.75, 3.05) is 0 Å². The number of aryl methyl sites for hydroxylation is 1. The van der Waals surface area contributed by atoms with E-state index in [2.05, 4.69) is 41.3 Å². The fourth-order valence-corrected chi connectivity index (χ4v) is 4.10. The van der Waals surface area contributed by atoms with E-state index in [1.165, 1.54) is 35.4 Å². The monoisotopic (exact) mass is 274 g/mol. The maximum Gasteiger partial charge on any atom is 0.0348 e. The van der Waals surface area contributed by atoms with Crippen LogP contribution in [0, 0.1) is 6.92 Å². The fourth-order valence-electron chi connectivity index (χ4n) is 3.42. The molecule has 0 aliphatic heterocycles. The highest BCUT2D eigenvalue weighted by atomic mass is 32.1. The molecule has 0 spiro atoms. The van der Waals surface area contributed by atoms with E-state index in [1.54, 1.807) is 11.3 Å². The molecule has 3 rings (SSSR count). The summed E-state index contributed by atoms with van der Waals surface area (Å²) in [6.07, 6.45) is 4.66. The molecule has 3 heteroatoms. The molecule has 0 radical (unpaired) electrons. The molecule has 0 saturated carbocycles. The minimum atomic E-state index is 0.247. The lowest BCUT2D eigenvalue weighted by Gasteiger charge is -2.24. The van der Waals surface area contributed by atoms with E-state index in [9.17, 15) is 0 Å². The second-order valence-corrected chi connectivity index (χ2v) is 6.52. The van der Waals surface area contributed by atoms with Gasteiger partial charge in [-0.3, -0.25) is 0 Å². The van der Waals surface area contributed by atoms with Crippen LogP contribution in [-0.2, 0) is 12.8 Å². The zero-order valence-electron chi connectivity index (χ0n) is 11.7. The topological polar surface area (TPSA) is 30.9 Å². The van der Waals surface area contributed by atoms with Crippen LogP contribution in [0.5, 0.6) is 0 Å². The summed E-state index contributed by atoms with van der Waals surface area (Å²) < 4.78 is 2.52. The number of hydrogen-bond donors (Lipinski definition) is 1. The predicted octanol–water partition coefficient (Wildman–Crippen LogP) is 4.00. The van der Waals surface area contributed by atoms with Gasteiger partial charge >= 0.3 is 0 Å². The Hall–Kier alpha value is -1.06. The van der Waals surface area contributed by atoms with E-state index in [0.29, 0.717) is 6.04 Å². The van der Waals surface area contributed by atoms with E-state index in [4.69, 9.17) is 5.73 Å². The summed E-state index contributed by atoms with van der Waals surface area (Å²) in [7, 11) is 0. The van der Waals surface area contributed by atoms with E-state index < -0.39 is 0 Å². The summed E-state index contributed by atoms with van der Waals surface area (Å²) in [5.74, 6) is 0. The summed E-state index contributed by atoms with van der Waals surface area (Å²) in [6.45, 7) is 4.54. The SMILES string of the molecule is Cc1cc2c(n1C(C)Cc1ccsc1)CCCC2N. The van der Waals surface area contributed by atoms with Gasteiger partial charge in [-0.2, -0.15) is 11.3 Å².